The van der Waals surface area contributed by atoms with Crippen LogP contribution in [0.5, 0.6) is 0 Å². The first-order chi connectivity index (χ1) is 5.78. The Bertz CT molecular complexity index is 276. The van der Waals surface area contributed by atoms with E-state index < -0.39 is 0 Å². The highest BCUT2D eigenvalue weighted by molar-refractivity contribution is 5.25. The van der Waals surface area contributed by atoms with E-state index in [1.54, 1.807) is 0 Å². The van der Waals surface area contributed by atoms with Gasteiger partial charge in [-0.1, -0.05) is 0 Å². The van der Waals surface area contributed by atoms with Gasteiger partial charge in [0.2, 0.25) is 0 Å². The van der Waals surface area contributed by atoms with Crippen molar-refractivity contribution in [2.24, 2.45) is 5.73 Å². The molecule has 66 valence electrons. The first-order valence-corrected chi connectivity index (χ1v) is 4.39. The monoisotopic (exact) mass is 166 g/mol. The second kappa shape index (κ2) is 2.59. The van der Waals surface area contributed by atoms with Crippen molar-refractivity contribution in [1.29, 1.82) is 0 Å². The minimum atomic E-state index is 0.259. The molecule has 2 rings (SSSR count). The number of aryl methyl sites for hydroxylation is 1. The molecule has 0 spiro atoms. The lowest BCUT2D eigenvalue weighted by Gasteiger charge is -2.10. The molecule has 1 saturated carbocycles. The quantitative estimate of drug-likeness (QED) is 0.737. The molecule has 1 aliphatic rings. The van der Waals surface area contributed by atoms with Crippen LogP contribution in [0.2, 0.25) is 0 Å². The van der Waals surface area contributed by atoms with Crippen LogP contribution in [0.1, 0.15) is 30.7 Å². The predicted molar refractivity (Wildman–Crippen MR) is 45.8 cm³/mol. The Morgan fingerprint density at radius 1 is 1.67 bits per heavy atom. The molecule has 0 amide bonds. The SMILES string of the molecule is Cc1ncoc1C1(CCN)CC1. The summed E-state index contributed by atoms with van der Waals surface area (Å²) in [5.41, 5.74) is 6.84. The normalized spacial score (nSPS) is 19.5. The molecule has 12 heavy (non-hydrogen) atoms. The second-order valence-corrected chi connectivity index (χ2v) is 3.59. The zero-order valence-corrected chi connectivity index (χ0v) is 7.34. The predicted octanol–water partition coefficient (Wildman–Crippen LogP) is 1.36. The molecule has 2 N–H and O–H groups in total. The molecule has 0 aromatic carbocycles. The maximum atomic E-state index is 5.55. The molecule has 0 radical (unpaired) electrons. The van der Waals surface area contributed by atoms with Gasteiger partial charge in [-0.15, -0.1) is 0 Å². The van der Waals surface area contributed by atoms with Crippen LogP contribution >= 0.6 is 0 Å². The first kappa shape index (κ1) is 7.80. The molecule has 0 unspecified atom stereocenters. The fraction of sp³-hybridized carbons (Fsp3) is 0.667. The van der Waals surface area contributed by atoms with Gasteiger partial charge in [0, 0.05) is 5.41 Å². The standard InChI is InChI=1S/C9H14N2O/c1-7-8(12-6-11-7)9(2-3-9)4-5-10/h6H,2-5,10H2,1H3. The number of hydrogen-bond acceptors (Lipinski definition) is 3. The highest BCUT2D eigenvalue weighted by Gasteiger charge is 2.47. The fourth-order valence-corrected chi connectivity index (χ4v) is 1.83. The molecule has 1 fully saturated rings. The third kappa shape index (κ3) is 1.05. The van der Waals surface area contributed by atoms with Crippen molar-refractivity contribution >= 4 is 0 Å². The summed E-state index contributed by atoms with van der Waals surface area (Å²) < 4.78 is 5.38. The van der Waals surface area contributed by atoms with Gasteiger partial charge in [-0.05, 0) is 32.7 Å². The van der Waals surface area contributed by atoms with E-state index in [2.05, 4.69) is 4.98 Å². The van der Waals surface area contributed by atoms with E-state index in [1.165, 1.54) is 19.2 Å². The number of nitrogens with two attached hydrogens (primary N) is 1. The van der Waals surface area contributed by atoms with Gasteiger partial charge in [0.05, 0.1) is 5.69 Å². The summed E-state index contributed by atoms with van der Waals surface area (Å²) in [4.78, 5) is 4.10. The lowest BCUT2D eigenvalue weighted by Crippen LogP contribution is -2.13. The highest BCUT2D eigenvalue weighted by atomic mass is 16.3. The van der Waals surface area contributed by atoms with Crippen molar-refractivity contribution < 1.29 is 4.42 Å². The Balaban J connectivity index is 2.24. The fourth-order valence-electron chi connectivity index (χ4n) is 1.83. The van der Waals surface area contributed by atoms with Gasteiger partial charge < -0.3 is 10.2 Å². The topological polar surface area (TPSA) is 52.0 Å². The van der Waals surface area contributed by atoms with Crippen molar-refractivity contribution in [1.82, 2.24) is 4.98 Å². The molecule has 1 heterocycles. The highest BCUT2D eigenvalue weighted by Crippen LogP contribution is 2.51. The minimum Gasteiger partial charge on any atom is -0.448 e. The van der Waals surface area contributed by atoms with Crippen LogP contribution in [0.15, 0.2) is 10.8 Å². The lowest BCUT2D eigenvalue weighted by molar-refractivity contribution is 0.432. The Labute approximate surface area is 72.0 Å². The first-order valence-electron chi connectivity index (χ1n) is 4.39. The summed E-state index contributed by atoms with van der Waals surface area (Å²) in [6, 6.07) is 0. The second-order valence-electron chi connectivity index (χ2n) is 3.59. The van der Waals surface area contributed by atoms with Gasteiger partial charge in [0.15, 0.2) is 6.39 Å². The third-order valence-corrected chi connectivity index (χ3v) is 2.70. The van der Waals surface area contributed by atoms with Crippen molar-refractivity contribution in [3.05, 3.63) is 17.8 Å². The maximum Gasteiger partial charge on any atom is 0.181 e. The van der Waals surface area contributed by atoms with Crippen molar-refractivity contribution in [3.8, 4) is 0 Å². The van der Waals surface area contributed by atoms with E-state index in [0.29, 0.717) is 0 Å². The van der Waals surface area contributed by atoms with Gasteiger partial charge in [-0.25, -0.2) is 4.98 Å². The average Bonchev–Trinajstić information content (AvgIpc) is 2.68. The Morgan fingerprint density at radius 3 is 2.83 bits per heavy atom. The molecule has 0 atom stereocenters. The average molecular weight is 166 g/mol. The van der Waals surface area contributed by atoms with Crippen LogP contribution in [0.25, 0.3) is 0 Å². The van der Waals surface area contributed by atoms with E-state index in [-0.39, 0.29) is 5.41 Å². The van der Waals surface area contributed by atoms with Crippen LogP contribution in [0.3, 0.4) is 0 Å². The van der Waals surface area contributed by atoms with E-state index in [9.17, 15) is 0 Å². The molecule has 1 aliphatic carbocycles. The molecule has 0 aliphatic heterocycles. The van der Waals surface area contributed by atoms with Gasteiger partial charge in [0.1, 0.15) is 5.76 Å². The van der Waals surface area contributed by atoms with E-state index in [1.807, 2.05) is 6.92 Å². The summed E-state index contributed by atoms with van der Waals surface area (Å²) >= 11 is 0. The summed E-state index contributed by atoms with van der Waals surface area (Å²) in [7, 11) is 0. The lowest BCUT2D eigenvalue weighted by atomic mass is 9.98. The molecular formula is C9H14N2O. The van der Waals surface area contributed by atoms with E-state index in [4.69, 9.17) is 10.2 Å². The molecule has 3 heteroatoms. The Kier molecular flexibility index (Phi) is 1.68. The van der Waals surface area contributed by atoms with Gasteiger partial charge >= 0.3 is 0 Å². The van der Waals surface area contributed by atoms with Crippen molar-refractivity contribution in [3.63, 3.8) is 0 Å². The molecular weight excluding hydrogens is 152 g/mol. The van der Waals surface area contributed by atoms with Crippen LogP contribution in [-0.2, 0) is 5.41 Å². The Morgan fingerprint density at radius 2 is 2.42 bits per heavy atom. The van der Waals surface area contributed by atoms with Gasteiger partial charge in [-0.3, -0.25) is 0 Å². The minimum absolute atomic E-state index is 0.259. The molecule has 1 aromatic heterocycles. The number of rotatable bonds is 3. The maximum absolute atomic E-state index is 5.55. The van der Waals surface area contributed by atoms with Crippen LogP contribution in [0.4, 0.5) is 0 Å². The number of hydrogen-bond donors (Lipinski definition) is 1. The van der Waals surface area contributed by atoms with Gasteiger partial charge in [0.25, 0.3) is 0 Å². The third-order valence-electron chi connectivity index (χ3n) is 2.70. The van der Waals surface area contributed by atoms with Gasteiger partial charge in [-0.2, -0.15) is 0 Å². The van der Waals surface area contributed by atoms with Crippen molar-refractivity contribution in [2.45, 2.75) is 31.6 Å². The smallest absolute Gasteiger partial charge is 0.181 e. The van der Waals surface area contributed by atoms with Crippen molar-refractivity contribution in [2.75, 3.05) is 6.54 Å². The zero-order valence-electron chi connectivity index (χ0n) is 7.34. The molecule has 0 bridgehead atoms. The van der Waals surface area contributed by atoms with E-state index in [0.717, 1.165) is 24.4 Å². The molecule has 0 saturated heterocycles. The molecule has 3 nitrogen and oxygen atoms in total. The summed E-state index contributed by atoms with van der Waals surface area (Å²) in [5, 5.41) is 0. The molecule has 1 aromatic rings. The zero-order chi connectivity index (χ0) is 8.60. The largest absolute Gasteiger partial charge is 0.448 e. The number of nitrogens with zero attached hydrogens (tertiary/aromatic N) is 1. The number of oxazole rings is 1. The van der Waals surface area contributed by atoms with Crippen LogP contribution < -0.4 is 5.73 Å². The summed E-state index contributed by atoms with van der Waals surface area (Å²) in [6.45, 7) is 2.73. The number of aromatic nitrogens is 1. The van der Waals surface area contributed by atoms with Crippen LogP contribution in [-0.4, -0.2) is 11.5 Å². The Hall–Kier alpha value is -0.830. The van der Waals surface area contributed by atoms with Crippen LogP contribution in [0, 0.1) is 6.92 Å². The summed E-state index contributed by atoms with van der Waals surface area (Å²) in [6.07, 6.45) is 4.98. The summed E-state index contributed by atoms with van der Waals surface area (Å²) in [5.74, 6) is 1.06. The van der Waals surface area contributed by atoms with E-state index >= 15 is 0 Å².